The van der Waals surface area contributed by atoms with Crippen molar-refractivity contribution >= 4 is 23.1 Å². The average molecular weight is 420 g/mol. The third-order valence-electron chi connectivity index (χ3n) is 4.62. The summed E-state index contributed by atoms with van der Waals surface area (Å²) in [6.07, 6.45) is 0. The number of aryl methyl sites for hydroxylation is 2. The first-order valence-electron chi connectivity index (χ1n) is 9.27. The van der Waals surface area contributed by atoms with Gasteiger partial charge >= 0.3 is 0 Å². The Morgan fingerprint density at radius 1 is 0.966 bits per heavy atom. The van der Waals surface area contributed by atoms with Gasteiger partial charge in [-0.25, -0.2) is 4.98 Å². The molecule has 2 aromatic heterocycles. The highest BCUT2D eigenvalue weighted by Crippen LogP contribution is 2.35. The van der Waals surface area contributed by atoms with Gasteiger partial charge in [-0.15, -0.1) is 21.5 Å². The van der Waals surface area contributed by atoms with Crippen LogP contribution in [0.15, 0.2) is 65.7 Å². The normalized spacial score (nSPS) is 10.9. The van der Waals surface area contributed by atoms with Crippen molar-refractivity contribution in [2.24, 2.45) is 0 Å². The molecule has 4 rings (SSSR count). The molecule has 0 aliphatic heterocycles. The molecule has 0 aliphatic rings. The second-order valence-electron chi connectivity index (χ2n) is 6.64. The van der Waals surface area contributed by atoms with E-state index in [1.165, 1.54) is 11.1 Å². The first-order valence-corrected chi connectivity index (χ1v) is 11.1. The van der Waals surface area contributed by atoms with Gasteiger partial charge < -0.3 is 4.74 Å². The van der Waals surface area contributed by atoms with Gasteiger partial charge in [0.2, 0.25) is 0 Å². The summed E-state index contributed by atoms with van der Waals surface area (Å²) >= 11 is 3.33. The minimum atomic E-state index is 0.826. The van der Waals surface area contributed by atoms with E-state index >= 15 is 0 Å². The van der Waals surface area contributed by atoms with Crippen LogP contribution >= 0.6 is 23.1 Å². The second-order valence-corrected chi connectivity index (χ2v) is 8.63. The molecule has 0 unspecified atom stereocenters. The summed E-state index contributed by atoms with van der Waals surface area (Å²) in [6.45, 7) is 4.15. The van der Waals surface area contributed by atoms with Crippen molar-refractivity contribution in [3.8, 4) is 26.9 Å². The molecule has 0 saturated heterocycles. The van der Waals surface area contributed by atoms with Crippen molar-refractivity contribution in [2.75, 3.05) is 7.11 Å². The second kappa shape index (κ2) is 8.76. The standard InChI is InChI=1S/C23H21N3OS2/c1-15-7-4-5-8-18(15)14-28-21-12-11-20(25-26-21)22-16(2)24-23(29-22)17-9-6-10-19(13-17)27-3/h4-13H,14H2,1-3H3. The van der Waals surface area contributed by atoms with Gasteiger partial charge in [-0.3, -0.25) is 0 Å². The van der Waals surface area contributed by atoms with Gasteiger partial charge in [0.15, 0.2) is 0 Å². The van der Waals surface area contributed by atoms with Crippen LogP contribution in [0.5, 0.6) is 5.75 Å². The fraction of sp³-hybridized carbons (Fsp3) is 0.174. The maximum atomic E-state index is 5.33. The van der Waals surface area contributed by atoms with Crippen LogP contribution in [0.25, 0.3) is 21.1 Å². The molecule has 146 valence electrons. The molecule has 29 heavy (non-hydrogen) atoms. The summed E-state index contributed by atoms with van der Waals surface area (Å²) in [7, 11) is 1.67. The van der Waals surface area contributed by atoms with E-state index in [9.17, 15) is 0 Å². The molecule has 0 fully saturated rings. The van der Waals surface area contributed by atoms with Gasteiger partial charge in [0.1, 0.15) is 21.5 Å². The number of rotatable bonds is 6. The van der Waals surface area contributed by atoms with E-state index in [1.54, 1.807) is 30.2 Å². The third kappa shape index (κ3) is 4.49. The molecule has 0 aliphatic carbocycles. The Morgan fingerprint density at radius 3 is 2.59 bits per heavy atom. The van der Waals surface area contributed by atoms with Crippen LogP contribution in [0.3, 0.4) is 0 Å². The van der Waals surface area contributed by atoms with Crippen molar-refractivity contribution in [3.63, 3.8) is 0 Å². The number of thiazole rings is 1. The Hall–Kier alpha value is -2.70. The van der Waals surface area contributed by atoms with E-state index in [0.29, 0.717) is 0 Å². The molecule has 0 radical (unpaired) electrons. The highest BCUT2D eigenvalue weighted by atomic mass is 32.2. The van der Waals surface area contributed by atoms with Gasteiger partial charge in [-0.05, 0) is 49.2 Å². The Kier molecular flexibility index (Phi) is 5.92. The van der Waals surface area contributed by atoms with Gasteiger partial charge in [0, 0.05) is 11.3 Å². The lowest BCUT2D eigenvalue weighted by Gasteiger charge is -2.05. The monoisotopic (exact) mass is 419 g/mol. The third-order valence-corrected chi connectivity index (χ3v) is 6.82. The van der Waals surface area contributed by atoms with Gasteiger partial charge in [0.05, 0.1) is 17.7 Å². The maximum Gasteiger partial charge on any atom is 0.124 e. The van der Waals surface area contributed by atoms with E-state index in [0.717, 1.165) is 43.4 Å². The maximum absolute atomic E-state index is 5.33. The lowest BCUT2D eigenvalue weighted by molar-refractivity contribution is 0.415. The van der Waals surface area contributed by atoms with Crippen molar-refractivity contribution in [1.82, 2.24) is 15.2 Å². The van der Waals surface area contributed by atoms with E-state index < -0.39 is 0 Å². The molecule has 2 aromatic carbocycles. The molecule has 0 amide bonds. The van der Waals surface area contributed by atoms with Crippen LogP contribution in [0.4, 0.5) is 0 Å². The lowest BCUT2D eigenvalue weighted by Crippen LogP contribution is -1.91. The van der Waals surface area contributed by atoms with Crippen LogP contribution in [-0.2, 0) is 5.75 Å². The zero-order chi connectivity index (χ0) is 20.2. The van der Waals surface area contributed by atoms with Crippen molar-refractivity contribution in [3.05, 3.63) is 77.5 Å². The van der Waals surface area contributed by atoms with Crippen LogP contribution in [0.2, 0.25) is 0 Å². The molecule has 4 nitrogen and oxygen atoms in total. The highest BCUT2D eigenvalue weighted by Gasteiger charge is 2.13. The lowest BCUT2D eigenvalue weighted by atomic mass is 10.1. The van der Waals surface area contributed by atoms with E-state index in [2.05, 4.69) is 41.4 Å². The number of nitrogens with zero attached hydrogens (tertiary/aromatic N) is 3. The van der Waals surface area contributed by atoms with E-state index in [4.69, 9.17) is 9.72 Å². The van der Waals surface area contributed by atoms with Crippen molar-refractivity contribution in [1.29, 1.82) is 0 Å². The van der Waals surface area contributed by atoms with Crippen LogP contribution in [0, 0.1) is 13.8 Å². The van der Waals surface area contributed by atoms with Gasteiger partial charge in [-0.1, -0.05) is 48.2 Å². The Labute approximate surface area is 179 Å². The first kappa shape index (κ1) is 19.6. The topological polar surface area (TPSA) is 47.9 Å². The number of benzene rings is 2. The summed E-state index contributed by atoms with van der Waals surface area (Å²) < 4.78 is 5.33. The Morgan fingerprint density at radius 2 is 1.83 bits per heavy atom. The van der Waals surface area contributed by atoms with Crippen molar-refractivity contribution in [2.45, 2.75) is 24.6 Å². The summed E-state index contributed by atoms with van der Waals surface area (Å²) in [5.74, 6) is 1.71. The van der Waals surface area contributed by atoms with Crippen LogP contribution < -0.4 is 4.74 Å². The van der Waals surface area contributed by atoms with Gasteiger partial charge in [0.25, 0.3) is 0 Å². The molecule has 0 N–H and O–H groups in total. The first-order chi connectivity index (χ1) is 14.1. The van der Waals surface area contributed by atoms with Crippen LogP contribution in [0.1, 0.15) is 16.8 Å². The highest BCUT2D eigenvalue weighted by molar-refractivity contribution is 7.98. The predicted octanol–water partition coefficient (Wildman–Crippen LogP) is 6.18. The van der Waals surface area contributed by atoms with Crippen molar-refractivity contribution < 1.29 is 4.74 Å². The molecular formula is C23H21N3OS2. The number of ether oxygens (including phenoxy) is 1. The minimum absolute atomic E-state index is 0.826. The number of thioether (sulfide) groups is 1. The smallest absolute Gasteiger partial charge is 0.124 e. The zero-order valence-corrected chi connectivity index (χ0v) is 18.2. The summed E-state index contributed by atoms with van der Waals surface area (Å²) in [4.78, 5) is 5.78. The van der Waals surface area contributed by atoms with E-state index in [1.807, 2.05) is 43.3 Å². The molecular weight excluding hydrogens is 398 g/mol. The summed E-state index contributed by atoms with van der Waals surface area (Å²) in [5.41, 5.74) is 5.48. The largest absolute Gasteiger partial charge is 0.497 e. The van der Waals surface area contributed by atoms with E-state index in [-0.39, 0.29) is 0 Å². The summed E-state index contributed by atoms with van der Waals surface area (Å²) in [6, 6.07) is 20.5. The Balaban J connectivity index is 1.52. The predicted molar refractivity (Wildman–Crippen MR) is 121 cm³/mol. The SMILES string of the molecule is COc1cccc(-c2nc(C)c(-c3ccc(SCc4ccccc4C)nn3)s2)c1. The molecule has 4 aromatic rings. The number of hydrogen-bond acceptors (Lipinski definition) is 6. The number of hydrogen-bond donors (Lipinski definition) is 0. The van der Waals surface area contributed by atoms with Crippen LogP contribution in [-0.4, -0.2) is 22.3 Å². The molecule has 0 atom stereocenters. The average Bonchev–Trinajstić information content (AvgIpc) is 3.15. The number of aromatic nitrogens is 3. The molecule has 6 heteroatoms. The fourth-order valence-electron chi connectivity index (χ4n) is 2.96. The molecule has 0 saturated carbocycles. The molecule has 2 heterocycles. The molecule has 0 bridgehead atoms. The Bertz CT molecular complexity index is 1120. The fourth-order valence-corrected chi connectivity index (χ4v) is 4.87. The zero-order valence-electron chi connectivity index (χ0n) is 16.5. The quantitative estimate of drug-likeness (QED) is 0.349. The minimum Gasteiger partial charge on any atom is -0.497 e. The van der Waals surface area contributed by atoms with Gasteiger partial charge in [-0.2, -0.15) is 0 Å². The number of methoxy groups -OCH3 is 1. The molecule has 0 spiro atoms. The summed E-state index contributed by atoms with van der Waals surface area (Å²) in [5, 5.41) is 10.8.